The van der Waals surface area contributed by atoms with Gasteiger partial charge in [0.1, 0.15) is 5.56 Å². The fourth-order valence-corrected chi connectivity index (χ4v) is 1.96. The lowest BCUT2D eigenvalue weighted by Crippen LogP contribution is -2.19. The standard InChI is InChI=1S/C15H24N2O2/c1-6-10(4)17-14-12(7-2)11(5)16-9-13(14)15(18)19-8-3/h9-10H,6-8H2,1-5H3,(H,16,17). The van der Waals surface area contributed by atoms with E-state index >= 15 is 0 Å². The fourth-order valence-electron chi connectivity index (χ4n) is 1.96. The van der Waals surface area contributed by atoms with Crippen LogP contribution in [0.4, 0.5) is 5.69 Å². The summed E-state index contributed by atoms with van der Waals surface area (Å²) < 4.78 is 5.10. The highest BCUT2D eigenvalue weighted by molar-refractivity contribution is 5.96. The van der Waals surface area contributed by atoms with Gasteiger partial charge < -0.3 is 10.1 Å². The van der Waals surface area contributed by atoms with Gasteiger partial charge in [0.2, 0.25) is 0 Å². The van der Waals surface area contributed by atoms with Crippen LogP contribution in [0, 0.1) is 6.92 Å². The number of hydrogen-bond acceptors (Lipinski definition) is 4. The van der Waals surface area contributed by atoms with Gasteiger partial charge in [-0.05, 0) is 39.2 Å². The molecular formula is C15H24N2O2. The van der Waals surface area contributed by atoms with Gasteiger partial charge in [0, 0.05) is 17.9 Å². The number of rotatable bonds is 6. The Labute approximate surface area is 115 Å². The number of ether oxygens (including phenoxy) is 1. The Bertz CT molecular complexity index is 444. The van der Waals surface area contributed by atoms with Crippen molar-refractivity contribution in [3.63, 3.8) is 0 Å². The first-order valence-electron chi connectivity index (χ1n) is 6.97. The largest absolute Gasteiger partial charge is 0.462 e. The average molecular weight is 264 g/mol. The zero-order valence-electron chi connectivity index (χ0n) is 12.5. The number of esters is 1. The van der Waals surface area contributed by atoms with E-state index in [0.717, 1.165) is 29.8 Å². The summed E-state index contributed by atoms with van der Waals surface area (Å²) in [6, 6.07) is 0.306. The van der Waals surface area contributed by atoms with Crippen LogP contribution in [0.25, 0.3) is 0 Å². The van der Waals surface area contributed by atoms with E-state index in [2.05, 4.69) is 31.1 Å². The number of carbonyl (C=O) groups excluding carboxylic acids is 1. The summed E-state index contributed by atoms with van der Waals surface area (Å²) in [6.07, 6.45) is 3.44. The monoisotopic (exact) mass is 264 g/mol. The van der Waals surface area contributed by atoms with Crippen LogP contribution in [-0.2, 0) is 11.2 Å². The molecule has 4 nitrogen and oxygen atoms in total. The Hall–Kier alpha value is -1.58. The smallest absolute Gasteiger partial charge is 0.341 e. The molecule has 0 aliphatic carbocycles. The van der Waals surface area contributed by atoms with Crippen LogP contribution in [0.2, 0.25) is 0 Å². The average Bonchev–Trinajstić information content (AvgIpc) is 2.39. The van der Waals surface area contributed by atoms with Crippen LogP contribution in [0.3, 0.4) is 0 Å². The van der Waals surface area contributed by atoms with E-state index in [9.17, 15) is 4.79 Å². The van der Waals surface area contributed by atoms with E-state index in [-0.39, 0.29) is 5.97 Å². The third kappa shape index (κ3) is 3.69. The molecule has 0 fully saturated rings. The molecule has 1 rings (SSSR count). The third-order valence-corrected chi connectivity index (χ3v) is 3.25. The number of nitrogens with one attached hydrogen (secondary N) is 1. The molecule has 0 aliphatic rings. The van der Waals surface area contributed by atoms with Gasteiger partial charge in [-0.3, -0.25) is 4.98 Å². The van der Waals surface area contributed by atoms with Crippen molar-refractivity contribution in [1.82, 2.24) is 4.98 Å². The van der Waals surface area contributed by atoms with E-state index in [1.807, 2.05) is 13.8 Å². The number of pyridine rings is 1. The lowest BCUT2D eigenvalue weighted by molar-refractivity contribution is 0.0527. The molecule has 1 aromatic heterocycles. The van der Waals surface area contributed by atoms with Crippen LogP contribution in [0.1, 0.15) is 55.7 Å². The Morgan fingerprint density at radius 1 is 1.42 bits per heavy atom. The van der Waals surface area contributed by atoms with Crippen LogP contribution < -0.4 is 5.32 Å². The topological polar surface area (TPSA) is 51.2 Å². The summed E-state index contributed by atoms with van der Waals surface area (Å²) in [5.74, 6) is -0.310. The predicted molar refractivity (Wildman–Crippen MR) is 77.7 cm³/mol. The van der Waals surface area contributed by atoms with Crippen molar-refractivity contribution in [1.29, 1.82) is 0 Å². The number of nitrogens with zero attached hydrogens (tertiary/aromatic N) is 1. The molecule has 4 heteroatoms. The molecule has 0 aliphatic heterocycles. The first kappa shape index (κ1) is 15.5. The highest BCUT2D eigenvalue weighted by atomic mass is 16.5. The first-order chi connectivity index (χ1) is 9.04. The molecule has 0 spiro atoms. The van der Waals surface area contributed by atoms with E-state index in [1.54, 1.807) is 6.20 Å². The maximum atomic E-state index is 12.0. The van der Waals surface area contributed by atoms with Gasteiger partial charge in [-0.15, -0.1) is 0 Å². The van der Waals surface area contributed by atoms with Gasteiger partial charge >= 0.3 is 5.97 Å². The van der Waals surface area contributed by atoms with Crippen LogP contribution in [-0.4, -0.2) is 23.6 Å². The maximum Gasteiger partial charge on any atom is 0.341 e. The second-order valence-electron chi connectivity index (χ2n) is 4.64. The summed E-state index contributed by atoms with van der Waals surface area (Å²) in [6.45, 7) is 10.4. The second-order valence-corrected chi connectivity index (χ2v) is 4.64. The zero-order chi connectivity index (χ0) is 14.4. The van der Waals surface area contributed by atoms with Gasteiger partial charge in [0.15, 0.2) is 0 Å². The number of carbonyl (C=O) groups is 1. The number of aryl methyl sites for hydroxylation is 1. The summed E-state index contributed by atoms with van der Waals surface area (Å²) in [5.41, 5.74) is 3.46. The first-order valence-corrected chi connectivity index (χ1v) is 6.97. The molecule has 106 valence electrons. The Morgan fingerprint density at radius 3 is 2.63 bits per heavy atom. The lowest BCUT2D eigenvalue weighted by atomic mass is 10.0. The molecule has 1 unspecified atom stereocenters. The van der Waals surface area contributed by atoms with Crippen molar-refractivity contribution in [2.45, 2.75) is 53.5 Å². The van der Waals surface area contributed by atoms with Crippen molar-refractivity contribution >= 4 is 11.7 Å². The minimum Gasteiger partial charge on any atom is -0.462 e. The molecular weight excluding hydrogens is 240 g/mol. The fraction of sp³-hybridized carbons (Fsp3) is 0.600. The van der Waals surface area contributed by atoms with E-state index in [0.29, 0.717) is 18.2 Å². The molecule has 1 aromatic rings. The van der Waals surface area contributed by atoms with Crippen molar-refractivity contribution in [3.05, 3.63) is 23.0 Å². The van der Waals surface area contributed by atoms with Crippen molar-refractivity contribution in [3.8, 4) is 0 Å². The van der Waals surface area contributed by atoms with Crippen LogP contribution >= 0.6 is 0 Å². The van der Waals surface area contributed by atoms with Gasteiger partial charge in [-0.1, -0.05) is 13.8 Å². The van der Waals surface area contributed by atoms with Crippen LogP contribution in [0.5, 0.6) is 0 Å². The molecule has 0 saturated heterocycles. The lowest BCUT2D eigenvalue weighted by Gasteiger charge is -2.20. The van der Waals surface area contributed by atoms with E-state index in [4.69, 9.17) is 4.74 Å². The Balaban J connectivity index is 3.25. The Morgan fingerprint density at radius 2 is 2.11 bits per heavy atom. The maximum absolute atomic E-state index is 12.0. The third-order valence-electron chi connectivity index (χ3n) is 3.25. The normalized spacial score (nSPS) is 12.1. The van der Waals surface area contributed by atoms with Crippen molar-refractivity contribution in [2.75, 3.05) is 11.9 Å². The minimum atomic E-state index is -0.310. The molecule has 1 heterocycles. The highest BCUT2D eigenvalue weighted by Gasteiger charge is 2.19. The number of anilines is 1. The van der Waals surface area contributed by atoms with Gasteiger partial charge in [0.05, 0.1) is 12.3 Å². The summed E-state index contributed by atoms with van der Waals surface area (Å²) in [4.78, 5) is 16.3. The highest BCUT2D eigenvalue weighted by Crippen LogP contribution is 2.25. The molecule has 0 saturated carbocycles. The zero-order valence-corrected chi connectivity index (χ0v) is 12.5. The molecule has 0 aromatic carbocycles. The number of hydrogen-bond donors (Lipinski definition) is 1. The molecule has 0 bridgehead atoms. The summed E-state index contributed by atoms with van der Waals surface area (Å²) in [7, 11) is 0. The molecule has 1 atom stereocenters. The quantitative estimate of drug-likeness (QED) is 0.801. The van der Waals surface area contributed by atoms with Gasteiger partial charge in [-0.25, -0.2) is 4.79 Å². The number of aromatic nitrogens is 1. The predicted octanol–water partition coefficient (Wildman–Crippen LogP) is 3.34. The van der Waals surface area contributed by atoms with E-state index < -0.39 is 0 Å². The molecule has 0 radical (unpaired) electrons. The minimum absolute atomic E-state index is 0.306. The molecule has 19 heavy (non-hydrogen) atoms. The second kappa shape index (κ2) is 7.12. The molecule has 0 amide bonds. The van der Waals surface area contributed by atoms with E-state index in [1.165, 1.54) is 0 Å². The van der Waals surface area contributed by atoms with Gasteiger partial charge in [-0.2, -0.15) is 0 Å². The van der Waals surface area contributed by atoms with Crippen molar-refractivity contribution in [2.24, 2.45) is 0 Å². The Kier molecular flexibility index (Phi) is 5.80. The SMILES string of the molecule is CCOC(=O)c1cnc(C)c(CC)c1NC(C)CC. The summed E-state index contributed by atoms with van der Waals surface area (Å²) >= 11 is 0. The van der Waals surface area contributed by atoms with Crippen LogP contribution in [0.15, 0.2) is 6.20 Å². The summed E-state index contributed by atoms with van der Waals surface area (Å²) in [5, 5.41) is 3.42. The van der Waals surface area contributed by atoms with Crippen molar-refractivity contribution < 1.29 is 9.53 Å². The molecule has 1 N–H and O–H groups in total. The van der Waals surface area contributed by atoms with Gasteiger partial charge in [0.25, 0.3) is 0 Å².